The molecule has 0 saturated carbocycles. The molecule has 0 unspecified atom stereocenters. The average Bonchev–Trinajstić information content (AvgIpc) is 2.79. The van der Waals surface area contributed by atoms with Crippen molar-refractivity contribution in [1.82, 2.24) is 5.32 Å². The highest BCUT2D eigenvalue weighted by Gasteiger charge is 2.17. The van der Waals surface area contributed by atoms with Crippen LogP contribution in [0.4, 0.5) is 5.69 Å². The standard InChI is InChI=1S/C23H19ClN2O5/c1-31-20-12-19(18(24)11-17(20)23(29)30)26-22(28)16-9-7-14(8-10-16)13-25-21(27)15-5-3-2-4-6-15/h2-12H,13H2,1H3,(H,25,27)(H,26,28)(H,29,30). The van der Waals surface area contributed by atoms with E-state index >= 15 is 0 Å². The Morgan fingerprint density at radius 3 is 2.19 bits per heavy atom. The summed E-state index contributed by atoms with van der Waals surface area (Å²) in [6.07, 6.45) is 0. The van der Waals surface area contributed by atoms with Crippen LogP contribution in [0.5, 0.6) is 5.75 Å². The molecule has 3 N–H and O–H groups in total. The second-order valence-electron chi connectivity index (χ2n) is 6.54. The van der Waals surface area contributed by atoms with Gasteiger partial charge in [-0.05, 0) is 35.9 Å². The zero-order valence-corrected chi connectivity index (χ0v) is 17.3. The van der Waals surface area contributed by atoms with E-state index < -0.39 is 11.9 Å². The molecule has 0 aliphatic rings. The second-order valence-corrected chi connectivity index (χ2v) is 6.94. The summed E-state index contributed by atoms with van der Waals surface area (Å²) < 4.78 is 5.06. The molecule has 0 fully saturated rings. The van der Waals surface area contributed by atoms with Gasteiger partial charge in [-0.25, -0.2) is 4.79 Å². The molecule has 0 aliphatic heterocycles. The lowest BCUT2D eigenvalue weighted by molar-refractivity contribution is 0.0693. The van der Waals surface area contributed by atoms with Crippen LogP contribution in [0.15, 0.2) is 66.7 Å². The Hall–Kier alpha value is -3.84. The number of benzene rings is 3. The van der Waals surface area contributed by atoms with Crippen LogP contribution in [-0.4, -0.2) is 30.0 Å². The van der Waals surface area contributed by atoms with Gasteiger partial charge in [0.15, 0.2) is 0 Å². The predicted octanol–water partition coefficient (Wildman–Crippen LogP) is 4.23. The highest BCUT2D eigenvalue weighted by atomic mass is 35.5. The van der Waals surface area contributed by atoms with Crippen molar-refractivity contribution in [2.24, 2.45) is 0 Å². The maximum Gasteiger partial charge on any atom is 0.339 e. The van der Waals surface area contributed by atoms with Gasteiger partial charge in [-0.1, -0.05) is 41.9 Å². The molecule has 0 aromatic heterocycles. The highest BCUT2D eigenvalue weighted by Crippen LogP contribution is 2.31. The molecular formula is C23H19ClN2O5. The number of nitrogens with one attached hydrogen (secondary N) is 2. The first-order valence-corrected chi connectivity index (χ1v) is 9.61. The minimum atomic E-state index is -1.19. The number of ether oxygens (including phenoxy) is 1. The summed E-state index contributed by atoms with van der Waals surface area (Å²) in [5.41, 5.74) is 1.89. The predicted molar refractivity (Wildman–Crippen MR) is 117 cm³/mol. The lowest BCUT2D eigenvalue weighted by atomic mass is 10.1. The maximum absolute atomic E-state index is 12.6. The smallest absolute Gasteiger partial charge is 0.339 e. The van der Waals surface area contributed by atoms with E-state index in [0.29, 0.717) is 17.7 Å². The molecule has 7 nitrogen and oxygen atoms in total. The van der Waals surface area contributed by atoms with E-state index in [-0.39, 0.29) is 27.9 Å². The van der Waals surface area contributed by atoms with Gasteiger partial charge in [0, 0.05) is 23.7 Å². The molecule has 3 aromatic carbocycles. The summed E-state index contributed by atoms with van der Waals surface area (Å²) in [6, 6.07) is 18.2. The van der Waals surface area contributed by atoms with E-state index in [4.69, 9.17) is 16.3 Å². The third-order valence-electron chi connectivity index (χ3n) is 4.47. The first-order valence-electron chi connectivity index (χ1n) is 9.23. The molecule has 8 heteroatoms. The van der Waals surface area contributed by atoms with Crippen LogP contribution >= 0.6 is 11.6 Å². The molecule has 0 spiro atoms. The summed E-state index contributed by atoms with van der Waals surface area (Å²) in [5, 5.41) is 14.7. The lowest BCUT2D eigenvalue weighted by Gasteiger charge is -2.12. The topological polar surface area (TPSA) is 105 Å². The third kappa shape index (κ3) is 5.40. The van der Waals surface area contributed by atoms with Gasteiger partial charge in [0.1, 0.15) is 11.3 Å². The van der Waals surface area contributed by atoms with Crippen LogP contribution in [0.2, 0.25) is 5.02 Å². The first kappa shape index (κ1) is 21.9. The fourth-order valence-electron chi connectivity index (χ4n) is 2.83. The van der Waals surface area contributed by atoms with E-state index in [1.165, 1.54) is 19.2 Å². The van der Waals surface area contributed by atoms with Gasteiger partial charge in [0.05, 0.1) is 17.8 Å². The van der Waals surface area contributed by atoms with Crippen LogP contribution in [0.1, 0.15) is 36.6 Å². The second kappa shape index (κ2) is 9.77. The fourth-order valence-corrected chi connectivity index (χ4v) is 3.04. The largest absolute Gasteiger partial charge is 0.496 e. The zero-order chi connectivity index (χ0) is 22.4. The van der Waals surface area contributed by atoms with Crippen LogP contribution in [0.3, 0.4) is 0 Å². The molecule has 0 bridgehead atoms. The lowest BCUT2D eigenvalue weighted by Crippen LogP contribution is -2.22. The van der Waals surface area contributed by atoms with Crippen LogP contribution in [0.25, 0.3) is 0 Å². The number of carboxylic acid groups (broad SMARTS) is 1. The van der Waals surface area contributed by atoms with Gasteiger partial charge >= 0.3 is 5.97 Å². The number of halogens is 1. The van der Waals surface area contributed by atoms with Gasteiger partial charge in [-0.2, -0.15) is 0 Å². The number of carboxylic acids is 1. The molecule has 0 radical (unpaired) electrons. The van der Waals surface area contributed by atoms with E-state index in [0.717, 1.165) is 5.56 Å². The Morgan fingerprint density at radius 2 is 1.58 bits per heavy atom. The molecule has 31 heavy (non-hydrogen) atoms. The Balaban J connectivity index is 1.65. The molecule has 0 heterocycles. The molecule has 2 amide bonds. The number of rotatable bonds is 7. The molecule has 3 rings (SSSR count). The quantitative estimate of drug-likeness (QED) is 0.512. The molecule has 0 saturated heterocycles. The number of carbonyl (C=O) groups excluding carboxylic acids is 2. The number of hydrogen-bond acceptors (Lipinski definition) is 4. The van der Waals surface area contributed by atoms with Gasteiger partial charge in [0.25, 0.3) is 11.8 Å². The number of hydrogen-bond donors (Lipinski definition) is 3. The number of carbonyl (C=O) groups is 3. The number of aromatic carboxylic acids is 1. The molecule has 0 aliphatic carbocycles. The molecule has 158 valence electrons. The van der Waals surface area contributed by atoms with E-state index in [1.807, 2.05) is 6.07 Å². The van der Waals surface area contributed by atoms with E-state index in [1.54, 1.807) is 48.5 Å². The summed E-state index contributed by atoms with van der Waals surface area (Å²) >= 11 is 6.11. The zero-order valence-electron chi connectivity index (χ0n) is 16.5. The minimum Gasteiger partial charge on any atom is -0.496 e. The first-order chi connectivity index (χ1) is 14.9. The van der Waals surface area contributed by atoms with Gasteiger partial charge in [-0.15, -0.1) is 0 Å². The Labute approximate surface area is 183 Å². The Morgan fingerprint density at radius 1 is 0.935 bits per heavy atom. The van der Waals surface area contributed by atoms with E-state index in [2.05, 4.69) is 10.6 Å². The van der Waals surface area contributed by atoms with Crippen LogP contribution in [-0.2, 0) is 6.54 Å². The number of methoxy groups -OCH3 is 1. The van der Waals surface area contributed by atoms with Crippen molar-refractivity contribution in [2.45, 2.75) is 6.54 Å². The van der Waals surface area contributed by atoms with Gasteiger partial charge in [0.2, 0.25) is 0 Å². The van der Waals surface area contributed by atoms with Crippen molar-refractivity contribution < 1.29 is 24.2 Å². The normalized spacial score (nSPS) is 10.3. The van der Waals surface area contributed by atoms with Crippen LogP contribution < -0.4 is 15.4 Å². The summed E-state index contributed by atoms with van der Waals surface area (Å²) in [6.45, 7) is 0.315. The number of anilines is 1. The molecule has 3 aromatic rings. The van der Waals surface area contributed by atoms with E-state index in [9.17, 15) is 19.5 Å². The minimum absolute atomic E-state index is 0.0757. The van der Waals surface area contributed by atoms with Crippen molar-refractivity contribution in [2.75, 3.05) is 12.4 Å². The highest BCUT2D eigenvalue weighted by molar-refractivity contribution is 6.34. The Bertz CT molecular complexity index is 1110. The monoisotopic (exact) mass is 438 g/mol. The van der Waals surface area contributed by atoms with Crippen molar-refractivity contribution in [1.29, 1.82) is 0 Å². The SMILES string of the molecule is COc1cc(NC(=O)c2ccc(CNC(=O)c3ccccc3)cc2)c(Cl)cc1C(=O)O. The van der Waals surface area contributed by atoms with Crippen molar-refractivity contribution in [3.8, 4) is 5.75 Å². The van der Waals surface area contributed by atoms with Crippen molar-refractivity contribution in [3.05, 3.63) is 94.0 Å². The fraction of sp³-hybridized carbons (Fsp3) is 0.0870. The van der Waals surface area contributed by atoms with Gasteiger partial charge < -0.3 is 20.5 Å². The summed E-state index contributed by atoms with van der Waals surface area (Å²) in [4.78, 5) is 35.9. The molecule has 0 atom stereocenters. The van der Waals surface area contributed by atoms with Crippen molar-refractivity contribution >= 4 is 35.1 Å². The van der Waals surface area contributed by atoms with Crippen LogP contribution in [0, 0.1) is 0 Å². The number of amides is 2. The summed E-state index contributed by atoms with van der Waals surface area (Å²) in [7, 11) is 1.33. The Kier molecular flexibility index (Phi) is 6.89. The summed E-state index contributed by atoms with van der Waals surface area (Å²) in [5.74, 6) is -1.72. The third-order valence-corrected chi connectivity index (χ3v) is 4.79. The van der Waals surface area contributed by atoms with Crippen molar-refractivity contribution in [3.63, 3.8) is 0 Å². The van der Waals surface area contributed by atoms with Gasteiger partial charge in [-0.3, -0.25) is 9.59 Å². The maximum atomic E-state index is 12.6. The average molecular weight is 439 g/mol. The molecular weight excluding hydrogens is 420 g/mol.